The molecule has 0 radical (unpaired) electrons. The van der Waals surface area contributed by atoms with Crippen molar-refractivity contribution in [1.82, 2.24) is 10.2 Å². The highest BCUT2D eigenvalue weighted by Gasteiger charge is 2.32. The van der Waals surface area contributed by atoms with Gasteiger partial charge in [0.15, 0.2) is 0 Å². The Labute approximate surface area is 235 Å². The van der Waals surface area contributed by atoms with Crippen molar-refractivity contribution in [2.75, 3.05) is 7.11 Å². The molecule has 0 aliphatic heterocycles. The lowest BCUT2D eigenvalue weighted by Crippen LogP contribution is -2.53. The molecule has 5 nitrogen and oxygen atoms in total. The van der Waals surface area contributed by atoms with Gasteiger partial charge in [0.05, 0.1) is 13.5 Å². The van der Waals surface area contributed by atoms with E-state index in [1.807, 2.05) is 54.6 Å². The number of carbonyl (C=O) groups is 2. The highest BCUT2D eigenvalue weighted by Crippen LogP contribution is 2.25. The summed E-state index contributed by atoms with van der Waals surface area (Å²) in [4.78, 5) is 29.5. The quantitative estimate of drug-likeness (QED) is 0.307. The molecule has 3 aromatic carbocycles. The zero-order valence-electron chi connectivity index (χ0n) is 21.7. The first kappa shape index (κ1) is 28.0. The standard InChI is InChI=1S/C31H34Cl2N2O3/c1-38-27-14-8-11-23(17-27)21-35(30(36)19-24-15-16-25(32)20-28(24)33)29(18-22-9-4-2-5-10-22)31(37)34-26-12-6-3-7-13-26/h2,4-5,8-11,14-17,20,26,29H,3,6-7,12-13,18-19,21H2,1H3,(H,34,37). The summed E-state index contributed by atoms with van der Waals surface area (Å²) >= 11 is 12.5. The molecule has 1 saturated carbocycles. The third kappa shape index (κ3) is 7.75. The Kier molecular flexibility index (Phi) is 10.1. The molecule has 1 N–H and O–H groups in total. The highest BCUT2D eigenvalue weighted by atomic mass is 35.5. The van der Waals surface area contributed by atoms with E-state index in [-0.39, 0.29) is 30.8 Å². The highest BCUT2D eigenvalue weighted by molar-refractivity contribution is 6.35. The average molecular weight is 554 g/mol. The van der Waals surface area contributed by atoms with Gasteiger partial charge in [-0.2, -0.15) is 0 Å². The summed E-state index contributed by atoms with van der Waals surface area (Å²) in [6, 6.07) is 22.0. The number of halogens is 2. The summed E-state index contributed by atoms with van der Waals surface area (Å²) in [5.74, 6) is 0.387. The van der Waals surface area contributed by atoms with Crippen molar-refractivity contribution in [2.45, 2.75) is 63.6 Å². The maximum Gasteiger partial charge on any atom is 0.243 e. The minimum atomic E-state index is -0.691. The van der Waals surface area contributed by atoms with E-state index < -0.39 is 6.04 Å². The summed E-state index contributed by atoms with van der Waals surface area (Å²) in [6.07, 6.45) is 5.81. The van der Waals surface area contributed by atoms with E-state index in [9.17, 15) is 9.59 Å². The van der Waals surface area contributed by atoms with E-state index in [0.717, 1.165) is 36.8 Å². The van der Waals surface area contributed by atoms with E-state index in [4.69, 9.17) is 27.9 Å². The second-order valence-electron chi connectivity index (χ2n) is 9.83. The minimum Gasteiger partial charge on any atom is -0.497 e. The number of nitrogens with zero attached hydrogens (tertiary/aromatic N) is 1. The molecule has 38 heavy (non-hydrogen) atoms. The van der Waals surface area contributed by atoms with Crippen LogP contribution in [0.15, 0.2) is 72.8 Å². The van der Waals surface area contributed by atoms with Gasteiger partial charge in [0.2, 0.25) is 11.8 Å². The number of hydrogen-bond acceptors (Lipinski definition) is 3. The molecule has 7 heteroatoms. The van der Waals surface area contributed by atoms with Crippen molar-refractivity contribution in [3.05, 3.63) is 99.5 Å². The molecule has 1 atom stereocenters. The van der Waals surface area contributed by atoms with Gasteiger partial charge in [-0.3, -0.25) is 9.59 Å². The fourth-order valence-electron chi connectivity index (χ4n) is 5.00. The first-order chi connectivity index (χ1) is 18.4. The van der Waals surface area contributed by atoms with Crippen molar-refractivity contribution in [2.24, 2.45) is 0 Å². The molecule has 200 valence electrons. The van der Waals surface area contributed by atoms with Crippen LogP contribution in [0.3, 0.4) is 0 Å². The fraction of sp³-hybridized carbons (Fsp3) is 0.355. The maximum absolute atomic E-state index is 14.0. The van der Waals surface area contributed by atoms with Gasteiger partial charge in [-0.05, 0) is 53.8 Å². The van der Waals surface area contributed by atoms with E-state index in [1.54, 1.807) is 30.2 Å². The molecule has 4 rings (SSSR count). The second-order valence-corrected chi connectivity index (χ2v) is 10.7. The number of methoxy groups -OCH3 is 1. The van der Waals surface area contributed by atoms with E-state index in [0.29, 0.717) is 27.8 Å². The van der Waals surface area contributed by atoms with Crippen molar-refractivity contribution in [3.63, 3.8) is 0 Å². The van der Waals surface area contributed by atoms with Crippen LogP contribution in [0, 0.1) is 0 Å². The molecule has 1 unspecified atom stereocenters. The SMILES string of the molecule is COc1cccc(CN(C(=O)Cc2ccc(Cl)cc2Cl)C(Cc2ccccc2)C(=O)NC2CCCCC2)c1. The van der Waals surface area contributed by atoms with Gasteiger partial charge in [0.25, 0.3) is 0 Å². The Morgan fingerprint density at radius 2 is 1.68 bits per heavy atom. The first-order valence-corrected chi connectivity index (χ1v) is 13.9. The van der Waals surface area contributed by atoms with Crippen molar-refractivity contribution >= 4 is 35.0 Å². The summed E-state index contributed by atoms with van der Waals surface area (Å²) in [6.45, 7) is 0.261. The van der Waals surface area contributed by atoms with Gasteiger partial charge in [-0.15, -0.1) is 0 Å². The van der Waals surface area contributed by atoms with Gasteiger partial charge in [-0.1, -0.05) is 91.0 Å². The molecule has 0 heterocycles. The normalized spacial score (nSPS) is 14.5. The lowest BCUT2D eigenvalue weighted by Gasteiger charge is -2.33. The number of nitrogens with one attached hydrogen (secondary N) is 1. The van der Waals surface area contributed by atoms with Crippen LogP contribution in [0.2, 0.25) is 10.0 Å². The Hall–Kier alpha value is -3.02. The lowest BCUT2D eigenvalue weighted by atomic mass is 9.94. The van der Waals surface area contributed by atoms with Crippen LogP contribution in [0.25, 0.3) is 0 Å². The average Bonchev–Trinajstić information content (AvgIpc) is 2.93. The van der Waals surface area contributed by atoms with Crippen molar-refractivity contribution in [3.8, 4) is 5.75 Å². The predicted octanol–water partition coefficient (Wildman–Crippen LogP) is 6.63. The summed E-state index contributed by atoms with van der Waals surface area (Å²) < 4.78 is 5.41. The second kappa shape index (κ2) is 13.7. The van der Waals surface area contributed by atoms with Crippen molar-refractivity contribution < 1.29 is 14.3 Å². The number of ether oxygens (including phenoxy) is 1. The minimum absolute atomic E-state index is 0.0575. The summed E-state index contributed by atoms with van der Waals surface area (Å²) in [5.41, 5.74) is 2.54. The first-order valence-electron chi connectivity index (χ1n) is 13.1. The zero-order valence-corrected chi connectivity index (χ0v) is 23.2. The van der Waals surface area contributed by atoms with Crippen LogP contribution in [0.4, 0.5) is 0 Å². The number of benzene rings is 3. The van der Waals surface area contributed by atoms with Gasteiger partial charge in [-0.25, -0.2) is 0 Å². The van der Waals surface area contributed by atoms with E-state index >= 15 is 0 Å². The Bertz CT molecular complexity index is 1230. The molecule has 0 saturated heterocycles. The number of amides is 2. The molecule has 2 amide bonds. The van der Waals surface area contributed by atoms with Crippen LogP contribution in [-0.2, 0) is 29.0 Å². The van der Waals surface area contributed by atoms with Gasteiger partial charge >= 0.3 is 0 Å². The predicted molar refractivity (Wildman–Crippen MR) is 153 cm³/mol. The molecule has 3 aromatic rings. The molecule has 0 bridgehead atoms. The van der Waals surface area contributed by atoms with Crippen LogP contribution >= 0.6 is 23.2 Å². The number of carbonyl (C=O) groups excluding carboxylic acids is 2. The third-order valence-electron chi connectivity index (χ3n) is 7.07. The Morgan fingerprint density at radius 1 is 0.947 bits per heavy atom. The van der Waals surface area contributed by atoms with Crippen LogP contribution in [0.5, 0.6) is 5.75 Å². The molecular formula is C31H34Cl2N2O3. The molecule has 0 spiro atoms. The van der Waals surface area contributed by atoms with E-state index in [2.05, 4.69) is 5.32 Å². The molecular weight excluding hydrogens is 519 g/mol. The largest absolute Gasteiger partial charge is 0.497 e. The van der Waals surface area contributed by atoms with Crippen LogP contribution in [0.1, 0.15) is 48.8 Å². The monoisotopic (exact) mass is 552 g/mol. The number of hydrogen-bond donors (Lipinski definition) is 1. The zero-order chi connectivity index (χ0) is 26.9. The van der Waals surface area contributed by atoms with E-state index in [1.165, 1.54) is 6.42 Å². The lowest BCUT2D eigenvalue weighted by molar-refractivity contribution is -0.141. The van der Waals surface area contributed by atoms with Gasteiger partial charge in [0.1, 0.15) is 11.8 Å². The summed E-state index contributed by atoms with van der Waals surface area (Å²) in [5, 5.41) is 4.20. The Balaban J connectivity index is 1.68. The molecule has 0 aromatic heterocycles. The molecule has 1 fully saturated rings. The topological polar surface area (TPSA) is 58.6 Å². The smallest absolute Gasteiger partial charge is 0.243 e. The van der Waals surface area contributed by atoms with Crippen LogP contribution < -0.4 is 10.1 Å². The Morgan fingerprint density at radius 3 is 2.39 bits per heavy atom. The fourth-order valence-corrected chi connectivity index (χ4v) is 5.47. The van der Waals surface area contributed by atoms with Gasteiger partial charge in [0, 0.05) is 29.1 Å². The van der Waals surface area contributed by atoms with Crippen LogP contribution in [-0.4, -0.2) is 35.9 Å². The molecule has 1 aliphatic rings. The van der Waals surface area contributed by atoms with Crippen molar-refractivity contribution in [1.29, 1.82) is 0 Å². The van der Waals surface area contributed by atoms with Gasteiger partial charge < -0.3 is 15.0 Å². The summed E-state index contributed by atoms with van der Waals surface area (Å²) in [7, 11) is 1.61. The third-order valence-corrected chi connectivity index (χ3v) is 7.65. The molecule has 1 aliphatic carbocycles. The number of rotatable bonds is 10. The maximum atomic E-state index is 14.0.